The van der Waals surface area contributed by atoms with Crippen LogP contribution in [-0.2, 0) is 16.9 Å². The minimum atomic E-state index is -4.75. The quantitative estimate of drug-likeness (QED) is 0.180. The van der Waals surface area contributed by atoms with Gasteiger partial charge in [-0.15, -0.1) is 13.2 Å². The number of rotatable bonds is 10. The Morgan fingerprint density at radius 2 is 1.86 bits per heavy atom. The van der Waals surface area contributed by atoms with Gasteiger partial charge in [0.15, 0.2) is 0 Å². The highest BCUT2D eigenvalue weighted by molar-refractivity contribution is 8.00. The van der Waals surface area contributed by atoms with Crippen LogP contribution in [0.4, 0.5) is 22.0 Å². The standard InChI is InChI=1S/C29H29F5N4O3S/c1-20(28(40,17-38-19-35-18-36-38)25-11-8-22(30)16-26(25)31)42-24-12-14-37(15-13-24)27(39)5-3-2-4-21-6-9-23(10-7-21)41-29(32,33)34/h2-11,16,18-20,24,40H,12-15,17H2,1H3. The third-order valence-corrected chi connectivity index (χ3v) is 8.50. The minimum Gasteiger partial charge on any atom is -0.406 e. The fourth-order valence-electron chi connectivity index (χ4n) is 4.64. The number of hydrogen-bond donors (Lipinski definition) is 1. The lowest BCUT2D eigenvalue weighted by Gasteiger charge is -2.38. The van der Waals surface area contributed by atoms with Crippen LogP contribution in [0.1, 0.15) is 30.9 Å². The van der Waals surface area contributed by atoms with Gasteiger partial charge in [0.05, 0.1) is 6.54 Å². The maximum absolute atomic E-state index is 14.8. The van der Waals surface area contributed by atoms with E-state index in [0.717, 1.165) is 12.1 Å². The van der Waals surface area contributed by atoms with Crippen molar-refractivity contribution in [1.82, 2.24) is 19.7 Å². The Kier molecular flexibility index (Phi) is 10.0. The molecule has 1 saturated heterocycles. The van der Waals surface area contributed by atoms with Crippen molar-refractivity contribution in [3.05, 3.63) is 96.1 Å². The smallest absolute Gasteiger partial charge is 0.406 e. The molecule has 0 radical (unpaired) electrons. The van der Waals surface area contributed by atoms with Crippen molar-refractivity contribution in [3.8, 4) is 5.75 Å². The van der Waals surface area contributed by atoms with Crippen LogP contribution >= 0.6 is 11.8 Å². The van der Waals surface area contributed by atoms with Gasteiger partial charge in [0.1, 0.15) is 35.6 Å². The van der Waals surface area contributed by atoms with Crippen LogP contribution in [0, 0.1) is 11.6 Å². The zero-order chi connectivity index (χ0) is 30.3. The Morgan fingerprint density at radius 3 is 2.48 bits per heavy atom. The first-order valence-electron chi connectivity index (χ1n) is 13.1. The number of halogens is 5. The van der Waals surface area contributed by atoms with Crippen molar-refractivity contribution in [2.45, 2.75) is 48.8 Å². The first-order valence-corrected chi connectivity index (χ1v) is 14.0. The van der Waals surface area contributed by atoms with Crippen LogP contribution < -0.4 is 4.74 Å². The third kappa shape index (κ3) is 8.41. The molecule has 1 aliphatic heterocycles. The molecule has 1 amide bonds. The summed E-state index contributed by atoms with van der Waals surface area (Å²) in [5.41, 5.74) is -1.10. The van der Waals surface area contributed by atoms with Gasteiger partial charge in [-0.25, -0.2) is 18.4 Å². The number of nitrogens with zero attached hydrogens (tertiary/aromatic N) is 4. The number of benzene rings is 2. The van der Waals surface area contributed by atoms with E-state index < -0.39 is 28.8 Å². The molecule has 7 nitrogen and oxygen atoms in total. The van der Waals surface area contributed by atoms with E-state index in [1.807, 2.05) is 0 Å². The molecule has 42 heavy (non-hydrogen) atoms. The predicted molar refractivity (Wildman–Crippen MR) is 148 cm³/mol. The lowest BCUT2D eigenvalue weighted by atomic mass is 9.90. The van der Waals surface area contributed by atoms with Crippen LogP contribution in [-0.4, -0.2) is 60.6 Å². The number of amides is 1. The number of aromatic nitrogens is 3. The predicted octanol–water partition coefficient (Wildman–Crippen LogP) is 5.73. The average molecular weight is 609 g/mol. The fourth-order valence-corrected chi connectivity index (χ4v) is 6.13. The first-order chi connectivity index (χ1) is 19.9. The monoisotopic (exact) mass is 608 g/mol. The molecule has 224 valence electrons. The molecule has 1 N–H and O–H groups in total. The molecular formula is C29H29F5N4O3S. The van der Waals surface area contributed by atoms with E-state index in [1.54, 1.807) is 30.1 Å². The Balaban J connectivity index is 1.31. The van der Waals surface area contributed by atoms with Crippen LogP contribution in [0.15, 0.2) is 73.3 Å². The number of allylic oxidation sites excluding steroid dienone is 2. The number of carbonyl (C=O) groups is 1. The summed E-state index contributed by atoms with van der Waals surface area (Å²) in [7, 11) is 0. The van der Waals surface area contributed by atoms with Crippen molar-refractivity contribution in [2.75, 3.05) is 13.1 Å². The van der Waals surface area contributed by atoms with Gasteiger partial charge in [-0.1, -0.05) is 43.4 Å². The molecule has 0 saturated carbocycles. The number of piperidine rings is 1. The highest BCUT2D eigenvalue weighted by atomic mass is 32.2. The van der Waals surface area contributed by atoms with Crippen LogP contribution in [0.3, 0.4) is 0 Å². The molecule has 1 fully saturated rings. The SMILES string of the molecule is CC(SC1CCN(C(=O)C=CC=Cc2ccc(OC(F)(F)F)cc2)CC1)C(O)(Cn1cncn1)c1ccc(F)cc1F. The maximum Gasteiger partial charge on any atom is 0.573 e. The molecule has 2 atom stereocenters. The number of carbonyl (C=O) groups excluding carboxylic acids is 1. The molecule has 2 aromatic carbocycles. The van der Waals surface area contributed by atoms with Crippen molar-refractivity contribution >= 4 is 23.7 Å². The maximum atomic E-state index is 14.8. The zero-order valence-electron chi connectivity index (χ0n) is 22.5. The van der Waals surface area contributed by atoms with E-state index in [9.17, 15) is 31.9 Å². The number of alkyl halides is 3. The Morgan fingerprint density at radius 1 is 1.14 bits per heavy atom. The molecule has 3 aromatic rings. The van der Waals surface area contributed by atoms with E-state index >= 15 is 0 Å². The average Bonchev–Trinajstić information content (AvgIpc) is 3.44. The second-order valence-electron chi connectivity index (χ2n) is 9.78. The molecular weight excluding hydrogens is 579 g/mol. The van der Waals surface area contributed by atoms with Crippen LogP contribution in [0.2, 0.25) is 0 Å². The van der Waals surface area contributed by atoms with E-state index in [4.69, 9.17) is 0 Å². The lowest BCUT2D eigenvalue weighted by Crippen LogP contribution is -2.44. The molecule has 1 aromatic heterocycles. The Bertz CT molecular complexity index is 1390. The Labute approximate surface area is 243 Å². The minimum absolute atomic E-state index is 0.0317. The van der Waals surface area contributed by atoms with Crippen molar-refractivity contribution in [2.24, 2.45) is 0 Å². The molecule has 2 heterocycles. The first kappa shape index (κ1) is 31.2. The molecule has 0 aliphatic carbocycles. The molecule has 1 aliphatic rings. The zero-order valence-corrected chi connectivity index (χ0v) is 23.4. The van der Waals surface area contributed by atoms with Crippen LogP contribution in [0.25, 0.3) is 6.08 Å². The highest BCUT2D eigenvalue weighted by Crippen LogP contribution is 2.40. The highest BCUT2D eigenvalue weighted by Gasteiger charge is 2.41. The molecule has 4 rings (SSSR count). The van der Waals surface area contributed by atoms with Gasteiger partial charge in [0.25, 0.3) is 0 Å². The van der Waals surface area contributed by atoms with Gasteiger partial charge in [0, 0.05) is 41.3 Å². The Hall–Kier alpha value is -3.71. The van der Waals surface area contributed by atoms with Gasteiger partial charge in [-0.05, 0) is 36.6 Å². The van der Waals surface area contributed by atoms with Crippen molar-refractivity contribution in [3.63, 3.8) is 0 Å². The van der Waals surface area contributed by atoms with Crippen molar-refractivity contribution in [1.29, 1.82) is 0 Å². The summed E-state index contributed by atoms with van der Waals surface area (Å²) in [6.07, 6.45) is 5.53. The second kappa shape index (κ2) is 13.5. The number of aliphatic hydroxyl groups is 1. The molecule has 0 spiro atoms. The molecule has 2 unspecified atom stereocenters. The van der Waals surface area contributed by atoms with Gasteiger partial charge in [0.2, 0.25) is 5.91 Å². The lowest BCUT2D eigenvalue weighted by molar-refractivity contribution is -0.274. The van der Waals surface area contributed by atoms with E-state index in [0.29, 0.717) is 31.5 Å². The van der Waals surface area contributed by atoms with Gasteiger partial charge >= 0.3 is 6.36 Å². The summed E-state index contributed by atoms with van der Waals surface area (Å²) >= 11 is 1.48. The summed E-state index contributed by atoms with van der Waals surface area (Å²) in [6, 6.07) is 8.45. The number of hydrogen-bond acceptors (Lipinski definition) is 6. The number of thioether (sulfide) groups is 1. The summed E-state index contributed by atoms with van der Waals surface area (Å²) in [5.74, 6) is -2.08. The van der Waals surface area contributed by atoms with E-state index in [2.05, 4.69) is 14.8 Å². The fraction of sp³-hybridized carbons (Fsp3) is 0.345. The van der Waals surface area contributed by atoms with Gasteiger partial charge in [-0.2, -0.15) is 16.9 Å². The molecule has 0 bridgehead atoms. The number of ether oxygens (including phenoxy) is 1. The van der Waals surface area contributed by atoms with Crippen molar-refractivity contribution < 1.29 is 36.6 Å². The number of likely N-dealkylation sites (tertiary alicyclic amines) is 1. The summed E-state index contributed by atoms with van der Waals surface area (Å²) in [6.45, 7) is 2.69. The topological polar surface area (TPSA) is 80.5 Å². The van der Waals surface area contributed by atoms with Gasteiger partial charge in [-0.3, -0.25) is 4.79 Å². The van der Waals surface area contributed by atoms with Gasteiger partial charge < -0.3 is 14.7 Å². The normalized spacial score (nSPS) is 17.1. The summed E-state index contributed by atoms with van der Waals surface area (Å²) < 4.78 is 70.5. The largest absolute Gasteiger partial charge is 0.573 e. The van der Waals surface area contributed by atoms with E-state index in [1.165, 1.54) is 65.5 Å². The second-order valence-corrected chi connectivity index (χ2v) is 11.4. The third-order valence-electron chi connectivity index (χ3n) is 6.84. The van der Waals surface area contributed by atoms with Crippen LogP contribution in [0.5, 0.6) is 5.75 Å². The molecule has 13 heteroatoms. The van der Waals surface area contributed by atoms with E-state index in [-0.39, 0.29) is 29.0 Å². The summed E-state index contributed by atoms with van der Waals surface area (Å²) in [4.78, 5) is 18.2. The summed E-state index contributed by atoms with van der Waals surface area (Å²) in [5, 5.41) is 15.3.